The normalized spacial score (nSPS) is 16.5. The lowest BCUT2D eigenvalue weighted by atomic mass is 10.2. The molecule has 170 valence electrons. The van der Waals surface area contributed by atoms with Crippen LogP contribution in [0, 0.1) is 0 Å². The highest BCUT2D eigenvalue weighted by Crippen LogP contribution is 2.27. The number of alkyl carbamates (subject to hydrolysis) is 1. The summed E-state index contributed by atoms with van der Waals surface area (Å²) in [7, 11) is 3.24. The van der Waals surface area contributed by atoms with Crippen LogP contribution in [0.3, 0.4) is 0 Å². The van der Waals surface area contributed by atoms with E-state index in [0.29, 0.717) is 24.6 Å². The van der Waals surface area contributed by atoms with Gasteiger partial charge in [0.2, 0.25) is 0 Å². The number of benzene rings is 1. The molecule has 1 unspecified atom stereocenters. The second kappa shape index (κ2) is 12.1. The smallest absolute Gasteiger partial charge is 0.407 e. The minimum atomic E-state index is -0.502. The van der Waals surface area contributed by atoms with Gasteiger partial charge in [0.15, 0.2) is 17.5 Å². The van der Waals surface area contributed by atoms with Gasteiger partial charge in [0.25, 0.3) is 0 Å². The summed E-state index contributed by atoms with van der Waals surface area (Å²) in [5, 5.41) is 6.28. The molecule has 2 N–H and O–H groups in total. The SMILES string of the molecule is CCNC(=NCc1ccc(OC)c(OC)c1)N1CCC(NC(=O)OC(C)(C)C)C1.I. The number of carbonyl (C=O) groups excluding carboxylic acids is 1. The molecule has 0 saturated carbocycles. The van der Waals surface area contributed by atoms with Crippen molar-refractivity contribution in [1.82, 2.24) is 15.5 Å². The first-order valence-corrected chi connectivity index (χ1v) is 9.99. The summed E-state index contributed by atoms with van der Waals surface area (Å²) in [6.45, 7) is 10.4. The van der Waals surface area contributed by atoms with Crippen LogP contribution in [-0.4, -0.2) is 62.4 Å². The van der Waals surface area contributed by atoms with E-state index in [-0.39, 0.29) is 36.1 Å². The Labute approximate surface area is 196 Å². The lowest BCUT2D eigenvalue weighted by molar-refractivity contribution is 0.0507. The summed E-state index contributed by atoms with van der Waals surface area (Å²) >= 11 is 0. The molecule has 0 aliphatic carbocycles. The summed E-state index contributed by atoms with van der Waals surface area (Å²) < 4.78 is 16.0. The fraction of sp³-hybridized carbons (Fsp3) is 0.619. The first kappa shape index (κ1) is 26.1. The van der Waals surface area contributed by atoms with Gasteiger partial charge in [-0.05, 0) is 51.8 Å². The molecule has 0 bridgehead atoms. The maximum absolute atomic E-state index is 12.0. The number of aliphatic imine (C=N–C) groups is 1. The number of amides is 1. The molecular formula is C21H35IN4O4. The number of hydrogen-bond donors (Lipinski definition) is 2. The van der Waals surface area contributed by atoms with Crippen molar-refractivity contribution in [3.8, 4) is 11.5 Å². The molecule has 8 nitrogen and oxygen atoms in total. The van der Waals surface area contributed by atoms with Gasteiger partial charge in [-0.25, -0.2) is 9.79 Å². The molecule has 0 aromatic heterocycles. The second-order valence-electron chi connectivity index (χ2n) is 7.94. The molecule has 1 amide bonds. The van der Waals surface area contributed by atoms with Gasteiger partial charge in [-0.3, -0.25) is 0 Å². The molecule has 0 radical (unpaired) electrons. The van der Waals surface area contributed by atoms with E-state index >= 15 is 0 Å². The van der Waals surface area contributed by atoms with Gasteiger partial charge in [-0.2, -0.15) is 0 Å². The number of likely N-dealkylation sites (tertiary alicyclic amines) is 1. The van der Waals surface area contributed by atoms with Gasteiger partial charge in [0.1, 0.15) is 5.60 Å². The fourth-order valence-corrected chi connectivity index (χ4v) is 3.12. The molecule has 1 aliphatic heterocycles. The second-order valence-corrected chi connectivity index (χ2v) is 7.94. The molecular weight excluding hydrogens is 499 g/mol. The number of nitrogens with zero attached hydrogens (tertiary/aromatic N) is 2. The van der Waals surface area contributed by atoms with Crippen LogP contribution < -0.4 is 20.1 Å². The van der Waals surface area contributed by atoms with Gasteiger partial charge in [-0.1, -0.05) is 6.07 Å². The maximum Gasteiger partial charge on any atom is 0.407 e. The highest BCUT2D eigenvalue weighted by molar-refractivity contribution is 14.0. The van der Waals surface area contributed by atoms with Crippen LogP contribution >= 0.6 is 24.0 Å². The van der Waals surface area contributed by atoms with E-state index < -0.39 is 5.60 Å². The summed E-state index contributed by atoms with van der Waals surface area (Å²) in [5.74, 6) is 2.21. The van der Waals surface area contributed by atoms with Gasteiger partial charge >= 0.3 is 6.09 Å². The predicted octanol–water partition coefficient (Wildman–Crippen LogP) is 3.39. The van der Waals surface area contributed by atoms with E-state index in [1.807, 2.05) is 45.9 Å². The largest absolute Gasteiger partial charge is 0.493 e. The topological polar surface area (TPSA) is 84.4 Å². The number of guanidine groups is 1. The molecule has 30 heavy (non-hydrogen) atoms. The number of hydrogen-bond acceptors (Lipinski definition) is 5. The number of methoxy groups -OCH3 is 2. The van der Waals surface area contributed by atoms with Gasteiger partial charge in [-0.15, -0.1) is 24.0 Å². The minimum Gasteiger partial charge on any atom is -0.493 e. The third-order valence-electron chi connectivity index (χ3n) is 4.40. The highest BCUT2D eigenvalue weighted by atomic mass is 127. The van der Waals surface area contributed by atoms with Crippen LogP contribution in [0.1, 0.15) is 39.7 Å². The summed E-state index contributed by atoms with van der Waals surface area (Å²) in [5.41, 5.74) is 0.527. The number of halogens is 1. The summed E-state index contributed by atoms with van der Waals surface area (Å²) in [4.78, 5) is 18.9. The van der Waals surface area contributed by atoms with Gasteiger partial charge in [0.05, 0.1) is 26.8 Å². The van der Waals surface area contributed by atoms with Crippen molar-refractivity contribution in [2.75, 3.05) is 33.9 Å². The molecule has 0 spiro atoms. The molecule has 1 atom stereocenters. The Balaban J connectivity index is 0.00000450. The van der Waals surface area contributed by atoms with Gasteiger partial charge < -0.3 is 29.7 Å². The molecule has 1 aliphatic rings. The first-order chi connectivity index (χ1) is 13.8. The third kappa shape index (κ3) is 8.08. The standard InChI is InChI=1S/C21H34N4O4.HI/c1-7-22-19(23-13-15-8-9-17(27-5)18(12-15)28-6)25-11-10-16(14-25)24-20(26)29-21(2,3)4;/h8-9,12,16H,7,10-11,13-14H2,1-6H3,(H,22,23)(H,24,26);1H. The lowest BCUT2D eigenvalue weighted by Gasteiger charge is -2.23. The predicted molar refractivity (Wildman–Crippen MR) is 129 cm³/mol. The Morgan fingerprint density at radius 3 is 2.53 bits per heavy atom. The average Bonchev–Trinajstić information content (AvgIpc) is 3.11. The van der Waals surface area contributed by atoms with Crippen molar-refractivity contribution in [1.29, 1.82) is 0 Å². The highest BCUT2D eigenvalue weighted by Gasteiger charge is 2.27. The Bertz CT molecular complexity index is 721. The van der Waals surface area contributed by atoms with Crippen molar-refractivity contribution >= 4 is 36.0 Å². The van der Waals surface area contributed by atoms with Crippen molar-refractivity contribution in [3.05, 3.63) is 23.8 Å². The number of ether oxygens (including phenoxy) is 3. The molecule has 1 aromatic carbocycles. The monoisotopic (exact) mass is 534 g/mol. The number of rotatable bonds is 6. The third-order valence-corrected chi connectivity index (χ3v) is 4.40. The van der Waals surface area contributed by atoms with Crippen LogP contribution in [-0.2, 0) is 11.3 Å². The van der Waals surface area contributed by atoms with Crippen molar-refractivity contribution in [3.63, 3.8) is 0 Å². The van der Waals surface area contributed by atoms with E-state index in [2.05, 4.69) is 15.5 Å². The number of nitrogens with one attached hydrogen (secondary N) is 2. The Hall–Kier alpha value is -1.91. The van der Waals surface area contributed by atoms with E-state index in [9.17, 15) is 4.79 Å². The van der Waals surface area contributed by atoms with E-state index in [1.54, 1.807) is 14.2 Å². The zero-order valence-electron chi connectivity index (χ0n) is 18.8. The Morgan fingerprint density at radius 1 is 1.23 bits per heavy atom. The molecule has 1 fully saturated rings. The van der Waals surface area contributed by atoms with Gasteiger partial charge in [0, 0.05) is 19.6 Å². The Morgan fingerprint density at radius 2 is 1.93 bits per heavy atom. The fourth-order valence-electron chi connectivity index (χ4n) is 3.12. The van der Waals surface area contributed by atoms with Crippen LogP contribution in [0.25, 0.3) is 0 Å². The number of carbonyl (C=O) groups is 1. The van der Waals surface area contributed by atoms with Crippen LogP contribution in [0.4, 0.5) is 4.79 Å². The van der Waals surface area contributed by atoms with Crippen molar-refractivity contribution in [2.45, 2.75) is 52.3 Å². The molecule has 1 heterocycles. The zero-order valence-corrected chi connectivity index (χ0v) is 21.1. The Kier molecular flexibility index (Phi) is 10.5. The van der Waals surface area contributed by atoms with E-state index in [4.69, 9.17) is 19.2 Å². The maximum atomic E-state index is 12.0. The molecule has 1 saturated heterocycles. The van der Waals surface area contributed by atoms with Crippen molar-refractivity contribution in [2.24, 2.45) is 4.99 Å². The van der Waals surface area contributed by atoms with E-state index in [0.717, 1.165) is 31.0 Å². The van der Waals surface area contributed by atoms with Crippen LogP contribution in [0.15, 0.2) is 23.2 Å². The summed E-state index contributed by atoms with van der Waals surface area (Å²) in [6.07, 6.45) is 0.469. The lowest BCUT2D eigenvalue weighted by Crippen LogP contribution is -2.44. The quantitative estimate of drug-likeness (QED) is 0.331. The van der Waals surface area contributed by atoms with Crippen LogP contribution in [0.2, 0.25) is 0 Å². The minimum absolute atomic E-state index is 0. The summed E-state index contributed by atoms with van der Waals surface area (Å²) in [6, 6.07) is 5.83. The van der Waals surface area contributed by atoms with Crippen molar-refractivity contribution < 1.29 is 19.0 Å². The zero-order chi connectivity index (χ0) is 21.4. The first-order valence-electron chi connectivity index (χ1n) is 9.99. The van der Waals surface area contributed by atoms with E-state index in [1.165, 1.54) is 0 Å². The van der Waals surface area contributed by atoms with Crippen LogP contribution in [0.5, 0.6) is 11.5 Å². The molecule has 2 rings (SSSR count). The molecule has 9 heteroatoms. The molecule has 1 aromatic rings. The average molecular weight is 534 g/mol.